The van der Waals surface area contributed by atoms with E-state index in [1.54, 1.807) is 54.0 Å². The van der Waals surface area contributed by atoms with E-state index in [0.29, 0.717) is 40.5 Å². The quantitative estimate of drug-likeness (QED) is 0.434. The molecule has 7 heteroatoms. The van der Waals surface area contributed by atoms with Crippen molar-refractivity contribution in [2.75, 3.05) is 18.5 Å². The number of rotatable bonds is 8. The molecule has 0 aliphatic rings. The van der Waals surface area contributed by atoms with Crippen molar-refractivity contribution < 1.29 is 14.3 Å². The molecule has 0 saturated carbocycles. The summed E-state index contributed by atoms with van der Waals surface area (Å²) in [4.78, 5) is 29.7. The third-order valence-electron chi connectivity index (χ3n) is 5.02. The molecule has 0 fully saturated rings. The Kier molecular flexibility index (Phi) is 6.69. The summed E-state index contributed by atoms with van der Waals surface area (Å²) in [6.07, 6.45) is 0.939. The Morgan fingerprint density at radius 3 is 2.30 bits per heavy atom. The summed E-state index contributed by atoms with van der Waals surface area (Å²) in [6.45, 7) is 4.38. The van der Waals surface area contributed by atoms with Crippen LogP contribution in [-0.4, -0.2) is 28.7 Å². The van der Waals surface area contributed by atoms with E-state index < -0.39 is 0 Å². The van der Waals surface area contributed by atoms with Gasteiger partial charge in [-0.2, -0.15) is 0 Å². The van der Waals surface area contributed by atoms with E-state index in [1.807, 2.05) is 37.3 Å². The Labute approximate surface area is 191 Å². The summed E-state index contributed by atoms with van der Waals surface area (Å²) in [5.41, 5.74) is 1.82. The maximum absolute atomic E-state index is 12.9. The van der Waals surface area contributed by atoms with Crippen LogP contribution in [0.4, 0.5) is 5.69 Å². The number of carbonyl (C=O) groups is 1. The Hall–Kier alpha value is -4.13. The molecule has 1 amide bonds. The molecule has 3 aromatic carbocycles. The third-order valence-corrected chi connectivity index (χ3v) is 5.02. The van der Waals surface area contributed by atoms with Crippen LogP contribution in [-0.2, 0) is 4.79 Å². The lowest BCUT2D eigenvalue weighted by Gasteiger charge is -2.12. The largest absolute Gasteiger partial charge is 0.494 e. The van der Waals surface area contributed by atoms with Crippen LogP contribution >= 0.6 is 0 Å². The summed E-state index contributed by atoms with van der Waals surface area (Å²) >= 11 is 0. The van der Waals surface area contributed by atoms with Gasteiger partial charge in [0, 0.05) is 5.69 Å². The molecular formula is C26H25N3O4. The zero-order valence-electron chi connectivity index (χ0n) is 18.6. The highest BCUT2D eigenvalue weighted by molar-refractivity contribution is 5.92. The maximum atomic E-state index is 12.9. The predicted octanol–water partition coefficient (Wildman–Crippen LogP) is 4.50. The number of anilines is 1. The molecule has 33 heavy (non-hydrogen) atoms. The highest BCUT2D eigenvalue weighted by atomic mass is 16.5. The number of hydrogen-bond donors (Lipinski definition) is 1. The highest BCUT2D eigenvalue weighted by Gasteiger charge is 2.10. The minimum absolute atomic E-state index is 0.121. The van der Waals surface area contributed by atoms with Gasteiger partial charge in [0.05, 0.1) is 23.2 Å². The van der Waals surface area contributed by atoms with Crippen molar-refractivity contribution in [2.24, 2.45) is 0 Å². The van der Waals surface area contributed by atoms with Crippen LogP contribution in [0.2, 0.25) is 0 Å². The van der Waals surface area contributed by atoms with Gasteiger partial charge < -0.3 is 14.8 Å². The first-order chi connectivity index (χ1) is 16.0. The first-order valence-corrected chi connectivity index (χ1v) is 10.8. The van der Waals surface area contributed by atoms with Crippen LogP contribution in [0, 0.1) is 6.92 Å². The summed E-state index contributed by atoms with van der Waals surface area (Å²) < 4.78 is 12.6. The number of fused-ring (bicyclic) bond motifs is 1. The fourth-order valence-corrected chi connectivity index (χ4v) is 3.44. The van der Waals surface area contributed by atoms with Gasteiger partial charge in [0.15, 0.2) is 6.61 Å². The molecule has 168 valence electrons. The van der Waals surface area contributed by atoms with Crippen molar-refractivity contribution >= 4 is 22.5 Å². The number of nitrogens with zero attached hydrogens (tertiary/aromatic N) is 2. The second kappa shape index (κ2) is 9.99. The topological polar surface area (TPSA) is 82.4 Å². The van der Waals surface area contributed by atoms with Gasteiger partial charge in [-0.05, 0) is 74.0 Å². The van der Waals surface area contributed by atoms with Crippen LogP contribution in [0.1, 0.15) is 19.2 Å². The SMILES string of the molecule is CCCOc1ccc(OCC(=O)Nc2ccc(-n3c(C)nc4ccccc4c3=O)cc2)cc1. The lowest BCUT2D eigenvalue weighted by molar-refractivity contribution is -0.118. The van der Waals surface area contributed by atoms with Crippen molar-refractivity contribution in [1.29, 1.82) is 0 Å². The second-order valence-corrected chi connectivity index (χ2v) is 7.52. The zero-order valence-corrected chi connectivity index (χ0v) is 18.6. The number of aromatic nitrogens is 2. The van der Waals surface area contributed by atoms with Crippen molar-refractivity contribution in [3.8, 4) is 17.2 Å². The monoisotopic (exact) mass is 443 g/mol. The van der Waals surface area contributed by atoms with E-state index in [1.165, 1.54) is 0 Å². The molecule has 0 spiro atoms. The molecule has 4 rings (SSSR count). The Bertz CT molecular complexity index is 1310. The molecule has 1 N–H and O–H groups in total. The molecule has 0 radical (unpaired) electrons. The smallest absolute Gasteiger partial charge is 0.265 e. The van der Waals surface area contributed by atoms with Crippen LogP contribution in [0.3, 0.4) is 0 Å². The first kappa shape index (κ1) is 22.1. The molecule has 0 saturated heterocycles. The summed E-state index contributed by atoms with van der Waals surface area (Å²) in [5, 5.41) is 3.36. The highest BCUT2D eigenvalue weighted by Crippen LogP contribution is 2.18. The Morgan fingerprint density at radius 1 is 0.939 bits per heavy atom. The number of carbonyl (C=O) groups excluding carboxylic acids is 1. The number of hydrogen-bond acceptors (Lipinski definition) is 5. The number of aryl methyl sites for hydroxylation is 1. The van der Waals surface area contributed by atoms with Crippen LogP contribution in [0.15, 0.2) is 77.6 Å². The number of nitrogens with one attached hydrogen (secondary N) is 1. The number of ether oxygens (including phenoxy) is 2. The number of para-hydroxylation sites is 1. The lowest BCUT2D eigenvalue weighted by atomic mass is 10.2. The van der Waals surface area contributed by atoms with Gasteiger partial charge in [0.1, 0.15) is 17.3 Å². The molecule has 1 heterocycles. The van der Waals surface area contributed by atoms with E-state index in [0.717, 1.165) is 12.2 Å². The molecule has 0 unspecified atom stereocenters. The van der Waals surface area contributed by atoms with Gasteiger partial charge in [-0.3, -0.25) is 14.2 Å². The van der Waals surface area contributed by atoms with Gasteiger partial charge in [-0.25, -0.2) is 4.98 Å². The zero-order chi connectivity index (χ0) is 23.2. The fourth-order valence-electron chi connectivity index (χ4n) is 3.44. The van der Waals surface area contributed by atoms with E-state index in [2.05, 4.69) is 10.3 Å². The average molecular weight is 444 g/mol. The molecular weight excluding hydrogens is 418 g/mol. The molecule has 0 aliphatic carbocycles. The fraction of sp³-hybridized carbons (Fsp3) is 0.192. The predicted molar refractivity (Wildman–Crippen MR) is 128 cm³/mol. The van der Waals surface area contributed by atoms with Gasteiger partial charge in [0.25, 0.3) is 11.5 Å². The number of benzene rings is 3. The molecule has 1 aromatic heterocycles. The van der Waals surface area contributed by atoms with Crippen LogP contribution in [0.5, 0.6) is 11.5 Å². The molecule has 0 bridgehead atoms. The number of amides is 1. The normalized spacial score (nSPS) is 10.7. The summed E-state index contributed by atoms with van der Waals surface area (Å²) in [5.74, 6) is 1.66. The van der Waals surface area contributed by atoms with E-state index in [9.17, 15) is 9.59 Å². The minimum atomic E-state index is -0.283. The van der Waals surface area contributed by atoms with Crippen LogP contribution in [0.25, 0.3) is 16.6 Å². The van der Waals surface area contributed by atoms with Crippen LogP contribution < -0.4 is 20.3 Å². The van der Waals surface area contributed by atoms with E-state index >= 15 is 0 Å². The van der Waals surface area contributed by atoms with Crippen molar-refractivity contribution in [2.45, 2.75) is 20.3 Å². The Balaban J connectivity index is 1.39. The minimum Gasteiger partial charge on any atom is -0.494 e. The van der Waals surface area contributed by atoms with E-state index in [-0.39, 0.29) is 18.1 Å². The lowest BCUT2D eigenvalue weighted by Crippen LogP contribution is -2.22. The maximum Gasteiger partial charge on any atom is 0.265 e. The van der Waals surface area contributed by atoms with Gasteiger partial charge >= 0.3 is 0 Å². The van der Waals surface area contributed by atoms with Crippen molar-refractivity contribution in [1.82, 2.24) is 9.55 Å². The van der Waals surface area contributed by atoms with Crippen molar-refractivity contribution in [3.63, 3.8) is 0 Å². The summed E-state index contributed by atoms with van der Waals surface area (Å²) in [6, 6.07) is 21.5. The van der Waals surface area contributed by atoms with Gasteiger partial charge in [-0.15, -0.1) is 0 Å². The van der Waals surface area contributed by atoms with Gasteiger partial charge in [0.2, 0.25) is 0 Å². The average Bonchev–Trinajstić information content (AvgIpc) is 2.83. The molecule has 7 nitrogen and oxygen atoms in total. The summed E-state index contributed by atoms with van der Waals surface area (Å²) in [7, 11) is 0. The third kappa shape index (κ3) is 5.20. The van der Waals surface area contributed by atoms with Crippen molar-refractivity contribution in [3.05, 3.63) is 89.0 Å². The first-order valence-electron chi connectivity index (χ1n) is 10.8. The Morgan fingerprint density at radius 2 is 1.61 bits per heavy atom. The molecule has 0 atom stereocenters. The second-order valence-electron chi connectivity index (χ2n) is 7.52. The standard InChI is InChI=1S/C26H25N3O4/c1-3-16-32-21-12-14-22(15-13-21)33-17-25(30)28-19-8-10-20(11-9-19)29-18(2)27-24-7-5-4-6-23(24)26(29)31/h4-15H,3,16-17H2,1-2H3,(H,28,30). The van der Waals surface area contributed by atoms with E-state index in [4.69, 9.17) is 9.47 Å². The van der Waals surface area contributed by atoms with Gasteiger partial charge in [-0.1, -0.05) is 19.1 Å². The molecule has 0 aliphatic heterocycles. The molecule has 4 aromatic rings.